The summed E-state index contributed by atoms with van der Waals surface area (Å²) in [6.07, 6.45) is 0. The molecule has 0 aromatic rings. The molecule has 0 fully saturated rings. The van der Waals surface area contributed by atoms with E-state index < -0.39 is 5.97 Å². The van der Waals surface area contributed by atoms with Crippen molar-refractivity contribution in [1.82, 2.24) is 4.90 Å². The minimum absolute atomic E-state index is 0.0155. The van der Waals surface area contributed by atoms with Gasteiger partial charge in [0.1, 0.15) is 0 Å². The molecule has 0 aliphatic carbocycles. The predicted molar refractivity (Wildman–Crippen MR) is 49.2 cm³/mol. The minimum atomic E-state index is -0.925. The molecule has 0 saturated heterocycles. The summed E-state index contributed by atoms with van der Waals surface area (Å²) in [5.41, 5.74) is 0.214. The van der Waals surface area contributed by atoms with Gasteiger partial charge in [-0.1, -0.05) is 6.58 Å². The summed E-state index contributed by atoms with van der Waals surface area (Å²) in [7, 11) is 1.88. The molecule has 0 spiro atoms. The molecule has 0 rings (SSSR count). The fraction of sp³-hybridized carbons (Fsp3) is 0.667. The third-order valence-electron chi connectivity index (χ3n) is 1.88. The molecule has 3 nitrogen and oxygen atoms in total. The van der Waals surface area contributed by atoms with Crippen LogP contribution in [0.1, 0.15) is 20.8 Å². The minimum Gasteiger partial charge on any atom is -0.478 e. The Morgan fingerprint density at radius 2 is 1.92 bits per heavy atom. The lowest BCUT2D eigenvalue weighted by Gasteiger charge is -2.31. The summed E-state index contributed by atoms with van der Waals surface area (Å²) < 4.78 is 0. The third kappa shape index (κ3) is 3.53. The molecule has 0 aromatic heterocycles. The van der Waals surface area contributed by atoms with Crippen molar-refractivity contribution in [2.75, 3.05) is 13.6 Å². The molecule has 0 aliphatic rings. The van der Waals surface area contributed by atoms with E-state index in [9.17, 15) is 4.79 Å². The van der Waals surface area contributed by atoms with Gasteiger partial charge in [-0.05, 0) is 27.8 Å². The van der Waals surface area contributed by atoms with Gasteiger partial charge in [0.15, 0.2) is 0 Å². The Hall–Kier alpha value is -0.830. The number of carboxylic acids is 1. The number of nitrogens with zero attached hydrogens (tertiary/aromatic N) is 1. The Kier molecular flexibility index (Phi) is 3.46. The molecule has 0 atom stereocenters. The molecule has 1 N–H and O–H groups in total. The van der Waals surface area contributed by atoms with Crippen molar-refractivity contribution in [3.63, 3.8) is 0 Å². The van der Waals surface area contributed by atoms with Crippen LogP contribution >= 0.6 is 0 Å². The van der Waals surface area contributed by atoms with E-state index in [0.717, 1.165) is 0 Å². The van der Waals surface area contributed by atoms with Crippen molar-refractivity contribution in [3.05, 3.63) is 12.2 Å². The van der Waals surface area contributed by atoms with Gasteiger partial charge < -0.3 is 5.11 Å². The highest BCUT2D eigenvalue weighted by Gasteiger charge is 2.18. The van der Waals surface area contributed by atoms with Crippen molar-refractivity contribution in [3.8, 4) is 0 Å². The molecule has 0 radical (unpaired) electrons. The molecular formula is C9H17NO2. The van der Waals surface area contributed by atoms with Crippen LogP contribution in [-0.2, 0) is 4.79 Å². The highest BCUT2D eigenvalue weighted by atomic mass is 16.4. The normalized spacial score (nSPS) is 11.8. The van der Waals surface area contributed by atoms with Gasteiger partial charge in [0.05, 0.1) is 0 Å². The Bertz CT molecular complexity index is 191. The molecule has 0 aromatic carbocycles. The summed E-state index contributed by atoms with van der Waals surface area (Å²) in [6.45, 7) is 9.96. The van der Waals surface area contributed by atoms with E-state index >= 15 is 0 Å². The molecule has 0 aliphatic heterocycles. The maximum absolute atomic E-state index is 10.4. The van der Waals surface area contributed by atoms with Crippen molar-refractivity contribution >= 4 is 5.97 Å². The number of hydrogen-bond acceptors (Lipinski definition) is 2. The zero-order valence-electron chi connectivity index (χ0n) is 8.22. The largest absolute Gasteiger partial charge is 0.478 e. The second-order valence-corrected chi connectivity index (χ2v) is 3.94. The number of rotatable bonds is 3. The van der Waals surface area contributed by atoms with Crippen molar-refractivity contribution in [2.45, 2.75) is 26.3 Å². The van der Waals surface area contributed by atoms with E-state index in [-0.39, 0.29) is 11.1 Å². The van der Waals surface area contributed by atoms with Crippen LogP contribution in [0.3, 0.4) is 0 Å². The van der Waals surface area contributed by atoms with Crippen LogP contribution in [0.15, 0.2) is 12.2 Å². The van der Waals surface area contributed by atoms with Crippen LogP contribution in [0.5, 0.6) is 0 Å². The van der Waals surface area contributed by atoms with E-state index in [1.54, 1.807) is 0 Å². The lowest BCUT2D eigenvalue weighted by molar-refractivity contribution is -0.133. The zero-order valence-corrected chi connectivity index (χ0v) is 8.22. The van der Waals surface area contributed by atoms with Crippen molar-refractivity contribution < 1.29 is 9.90 Å². The smallest absolute Gasteiger partial charge is 0.332 e. The SMILES string of the molecule is C=C(CN(C)C(C)(C)C)C(=O)O. The van der Waals surface area contributed by atoms with Gasteiger partial charge >= 0.3 is 5.97 Å². The van der Waals surface area contributed by atoms with Crippen molar-refractivity contribution in [2.24, 2.45) is 0 Å². The van der Waals surface area contributed by atoms with Gasteiger partial charge in [-0.15, -0.1) is 0 Å². The maximum Gasteiger partial charge on any atom is 0.332 e. The van der Waals surface area contributed by atoms with Crippen LogP contribution in [0.2, 0.25) is 0 Å². The fourth-order valence-electron chi connectivity index (χ4n) is 0.591. The lowest BCUT2D eigenvalue weighted by Crippen LogP contribution is -2.39. The summed E-state index contributed by atoms with van der Waals surface area (Å²) in [5.74, 6) is -0.925. The average molecular weight is 171 g/mol. The Labute approximate surface area is 73.7 Å². The van der Waals surface area contributed by atoms with Gasteiger partial charge in [0.25, 0.3) is 0 Å². The Morgan fingerprint density at radius 1 is 1.50 bits per heavy atom. The summed E-state index contributed by atoms with van der Waals surface area (Å²) in [6, 6.07) is 0. The lowest BCUT2D eigenvalue weighted by atomic mass is 10.1. The van der Waals surface area contributed by atoms with Crippen molar-refractivity contribution in [1.29, 1.82) is 0 Å². The monoisotopic (exact) mass is 171 g/mol. The zero-order chi connectivity index (χ0) is 9.94. The van der Waals surface area contributed by atoms with Crippen LogP contribution in [0.25, 0.3) is 0 Å². The number of carbonyl (C=O) groups is 1. The predicted octanol–water partition coefficient (Wildman–Crippen LogP) is 1.36. The van der Waals surface area contributed by atoms with Gasteiger partial charge in [-0.2, -0.15) is 0 Å². The van der Waals surface area contributed by atoms with Gasteiger partial charge in [-0.3, -0.25) is 4.90 Å². The van der Waals surface area contributed by atoms with Crippen LogP contribution < -0.4 is 0 Å². The second-order valence-electron chi connectivity index (χ2n) is 3.94. The fourth-order valence-corrected chi connectivity index (χ4v) is 0.591. The van der Waals surface area contributed by atoms with E-state index in [0.29, 0.717) is 6.54 Å². The van der Waals surface area contributed by atoms with E-state index in [2.05, 4.69) is 6.58 Å². The summed E-state index contributed by atoms with van der Waals surface area (Å²) in [4.78, 5) is 12.4. The number of likely N-dealkylation sites (N-methyl/N-ethyl adjacent to an activating group) is 1. The number of hydrogen-bond donors (Lipinski definition) is 1. The van der Waals surface area contributed by atoms with Crippen LogP contribution in [-0.4, -0.2) is 35.1 Å². The Morgan fingerprint density at radius 3 is 2.17 bits per heavy atom. The quantitative estimate of drug-likeness (QED) is 0.652. The molecular weight excluding hydrogens is 154 g/mol. The average Bonchev–Trinajstić information content (AvgIpc) is 1.85. The molecule has 0 amide bonds. The third-order valence-corrected chi connectivity index (χ3v) is 1.88. The number of carboxylic acid groups (broad SMARTS) is 1. The first-order chi connectivity index (χ1) is 5.25. The summed E-state index contributed by atoms with van der Waals surface area (Å²) >= 11 is 0. The molecule has 0 heterocycles. The summed E-state index contributed by atoms with van der Waals surface area (Å²) in [5, 5.41) is 8.57. The molecule has 0 bridgehead atoms. The molecule has 0 unspecified atom stereocenters. The molecule has 12 heavy (non-hydrogen) atoms. The maximum atomic E-state index is 10.4. The topological polar surface area (TPSA) is 40.5 Å². The van der Waals surface area contributed by atoms with Crippen LogP contribution in [0.4, 0.5) is 0 Å². The van der Waals surface area contributed by atoms with E-state index in [1.807, 2.05) is 32.7 Å². The highest BCUT2D eigenvalue weighted by Crippen LogP contribution is 2.11. The number of aliphatic carboxylic acids is 1. The highest BCUT2D eigenvalue weighted by molar-refractivity contribution is 5.86. The molecule has 0 saturated carbocycles. The van der Waals surface area contributed by atoms with E-state index in [1.165, 1.54) is 0 Å². The first-order valence-corrected chi connectivity index (χ1v) is 3.87. The Balaban J connectivity index is 4.11. The van der Waals surface area contributed by atoms with Gasteiger partial charge in [0, 0.05) is 17.7 Å². The molecule has 70 valence electrons. The second kappa shape index (κ2) is 3.72. The van der Waals surface area contributed by atoms with Gasteiger partial charge in [0.2, 0.25) is 0 Å². The first kappa shape index (κ1) is 11.2. The van der Waals surface area contributed by atoms with Crippen LogP contribution in [0, 0.1) is 0 Å². The van der Waals surface area contributed by atoms with Gasteiger partial charge in [-0.25, -0.2) is 4.79 Å². The standard InChI is InChI=1S/C9H17NO2/c1-7(8(11)12)6-10(5)9(2,3)4/h1,6H2,2-5H3,(H,11,12). The molecule has 3 heteroatoms. The first-order valence-electron chi connectivity index (χ1n) is 3.87. The van der Waals surface area contributed by atoms with E-state index in [4.69, 9.17) is 5.11 Å².